The van der Waals surface area contributed by atoms with Crippen molar-refractivity contribution >= 4 is 0 Å². The Morgan fingerprint density at radius 2 is 1.89 bits per heavy atom. The highest BCUT2D eigenvalue weighted by Gasteiger charge is 2.55. The number of hydrogen-bond donors (Lipinski definition) is 2. The fourth-order valence-corrected chi connectivity index (χ4v) is 2.03. The van der Waals surface area contributed by atoms with Crippen molar-refractivity contribution < 1.29 is 10.2 Å². The second kappa shape index (κ2) is 1.50. The van der Waals surface area contributed by atoms with Crippen molar-refractivity contribution in [3.63, 3.8) is 0 Å². The second-order valence-electron chi connectivity index (χ2n) is 3.43. The molecule has 0 heterocycles. The molecule has 2 aliphatic carbocycles. The number of rotatable bonds is 0. The number of aliphatic hydroxyl groups is 2. The van der Waals surface area contributed by atoms with Gasteiger partial charge in [0.15, 0.2) is 0 Å². The van der Waals surface area contributed by atoms with Crippen LogP contribution < -0.4 is 0 Å². The first-order valence-electron chi connectivity index (χ1n) is 3.61. The van der Waals surface area contributed by atoms with Gasteiger partial charge in [-0.2, -0.15) is 0 Å². The standard InChI is InChI=1S/C7H12O2/c8-5-4-7(6(5)9)2-1-3-7/h5-6,8-9H,1-4H2/t5-,6-/m1/s1. The normalized spacial score (nSPS) is 46.0. The number of hydrogen-bond acceptors (Lipinski definition) is 2. The molecule has 52 valence electrons. The lowest BCUT2D eigenvalue weighted by atomic mass is 9.53. The summed E-state index contributed by atoms with van der Waals surface area (Å²) < 4.78 is 0. The molecule has 2 nitrogen and oxygen atoms in total. The summed E-state index contributed by atoms with van der Waals surface area (Å²) in [6.07, 6.45) is 3.53. The highest BCUT2D eigenvalue weighted by atomic mass is 16.3. The third kappa shape index (κ3) is 0.528. The van der Waals surface area contributed by atoms with Crippen LogP contribution in [-0.2, 0) is 0 Å². The van der Waals surface area contributed by atoms with Crippen molar-refractivity contribution in [2.45, 2.75) is 37.9 Å². The Kier molecular flexibility index (Phi) is 0.945. The fourth-order valence-electron chi connectivity index (χ4n) is 2.03. The highest BCUT2D eigenvalue weighted by molar-refractivity contribution is 5.06. The summed E-state index contributed by atoms with van der Waals surface area (Å²) in [5, 5.41) is 18.2. The van der Waals surface area contributed by atoms with Crippen LogP contribution in [0.4, 0.5) is 0 Å². The Balaban J connectivity index is 2.02. The zero-order valence-electron chi connectivity index (χ0n) is 5.38. The van der Waals surface area contributed by atoms with E-state index in [1.165, 1.54) is 6.42 Å². The van der Waals surface area contributed by atoms with Crippen LogP contribution in [0, 0.1) is 5.41 Å². The Bertz CT molecular complexity index is 129. The average molecular weight is 128 g/mol. The van der Waals surface area contributed by atoms with Crippen LogP contribution in [0.25, 0.3) is 0 Å². The van der Waals surface area contributed by atoms with E-state index in [0.29, 0.717) is 0 Å². The van der Waals surface area contributed by atoms with Crippen LogP contribution in [0.1, 0.15) is 25.7 Å². The largest absolute Gasteiger partial charge is 0.390 e. The van der Waals surface area contributed by atoms with Crippen molar-refractivity contribution in [1.29, 1.82) is 0 Å². The van der Waals surface area contributed by atoms with Gasteiger partial charge in [-0.3, -0.25) is 0 Å². The number of aliphatic hydroxyl groups excluding tert-OH is 2. The van der Waals surface area contributed by atoms with E-state index in [9.17, 15) is 5.11 Å². The van der Waals surface area contributed by atoms with Crippen LogP contribution in [-0.4, -0.2) is 22.4 Å². The molecule has 2 aliphatic rings. The molecule has 0 aromatic carbocycles. The molecule has 1 spiro atoms. The summed E-state index contributed by atoms with van der Waals surface area (Å²) >= 11 is 0. The predicted molar refractivity (Wildman–Crippen MR) is 32.9 cm³/mol. The molecule has 0 aromatic rings. The van der Waals surface area contributed by atoms with Gasteiger partial charge in [0.2, 0.25) is 0 Å². The summed E-state index contributed by atoms with van der Waals surface area (Å²) in [4.78, 5) is 0. The van der Waals surface area contributed by atoms with Gasteiger partial charge in [0.1, 0.15) is 0 Å². The topological polar surface area (TPSA) is 40.5 Å². The van der Waals surface area contributed by atoms with Gasteiger partial charge in [-0.15, -0.1) is 0 Å². The maximum absolute atomic E-state index is 9.24. The Labute approximate surface area is 54.5 Å². The smallest absolute Gasteiger partial charge is 0.0856 e. The lowest BCUT2D eigenvalue weighted by Crippen LogP contribution is -2.59. The van der Waals surface area contributed by atoms with E-state index in [2.05, 4.69) is 0 Å². The lowest BCUT2D eigenvalue weighted by Gasteiger charge is -2.56. The Hall–Kier alpha value is -0.0800. The van der Waals surface area contributed by atoms with E-state index in [1.807, 2.05) is 0 Å². The molecule has 0 amide bonds. The van der Waals surface area contributed by atoms with E-state index < -0.39 is 12.2 Å². The minimum Gasteiger partial charge on any atom is -0.390 e. The molecule has 0 saturated heterocycles. The summed E-state index contributed by atoms with van der Waals surface area (Å²) in [6.45, 7) is 0. The molecule has 9 heavy (non-hydrogen) atoms. The first-order valence-corrected chi connectivity index (χ1v) is 3.61. The average Bonchev–Trinajstić information content (AvgIpc) is 1.77. The summed E-state index contributed by atoms with van der Waals surface area (Å²) in [5.41, 5.74) is 0.180. The first-order chi connectivity index (χ1) is 4.25. The molecule has 2 fully saturated rings. The molecule has 0 bridgehead atoms. The van der Waals surface area contributed by atoms with Crippen molar-refractivity contribution in [1.82, 2.24) is 0 Å². The van der Waals surface area contributed by atoms with E-state index in [-0.39, 0.29) is 5.41 Å². The molecule has 2 N–H and O–H groups in total. The van der Waals surface area contributed by atoms with Crippen LogP contribution >= 0.6 is 0 Å². The minimum absolute atomic E-state index is 0.180. The van der Waals surface area contributed by atoms with Crippen LogP contribution in [0.2, 0.25) is 0 Å². The van der Waals surface area contributed by atoms with Gasteiger partial charge in [0.25, 0.3) is 0 Å². The van der Waals surface area contributed by atoms with Gasteiger partial charge < -0.3 is 10.2 Å². The Morgan fingerprint density at radius 1 is 1.22 bits per heavy atom. The molecule has 2 saturated carbocycles. The molecule has 0 aliphatic heterocycles. The van der Waals surface area contributed by atoms with Gasteiger partial charge in [-0.1, -0.05) is 6.42 Å². The monoisotopic (exact) mass is 128 g/mol. The first kappa shape index (κ1) is 5.69. The fraction of sp³-hybridized carbons (Fsp3) is 1.00. The van der Waals surface area contributed by atoms with E-state index in [1.54, 1.807) is 0 Å². The maximum Gasteiger partial charge on any atom is 0.0856 e. The second-order valence-corrected chi connectivity index (χ2v) is 3.43. The molecule has 0 radical (unpaired) electrons. The molecule has 2 heteroatoms. The minimum atomic E-state index is -0.412. The van der Waals surface area contributed by atoms with Crippen molar-refractivity contribution in [2.24, 2.45) is 5.41 Å². The van der Waals surface area contributed by atoms with Crippen molar-refractivity contribution in [3.05, 3.63) is 0 Å². The van der Waals surface area contributed by atoms with Gasteiger partial charge in [-0.05, 0) is 19.3 Å². The SMILES string of the molecule is O[C@@H]1CC2(CCC2)[C@@H]1O. The van der Waals surface area contributed by atoms with Crippen LogP contribution in [0.15, 0.2) is 0 Å². The summed E-state index contributed by atoms with van der Waals surface area (Å²) in [6, 6.07) is 0. The van der Waals surface area contributed by atoms with E-state index in [4.69, 9.17) is 5.11 Å². The zero-order valence-corrected chi connectivity index (χ0v) is 5.38. The van der Waals surface area contributed by atoms with Gasteiger partial charge in [-0.25, -0.2) is 0 Å². The maximum atomic E-state index is 9.24. The third-order valence-electron chi connectivity index (χ3n) is 2.96. The molecular weight excluding hydrogens is 116 g/mol. The van der Waals surface area contributed by atoms with Gasteiger partial charge >= 0.3 is 0 Å². The summed E-state index contributed by atoms with van der Waals surface area (Å²) in [7, 11) is 0. The Morgan fingerprint density at radius 3 is 2.00 bits per heavy atom. The third-order valence-corrected chi connectivity index (χ3v) is 2.96. The molecule has 2 rings (SSSR count). The highest BCUT2D eigenvalue weighted by Crippen LogP contribution is 2.55. The predicted octanol–water partition coefficient (Wildman–Crippen LogP) is 0.282. The summed E-state index contributed by atoms with van der Waals surface area (Å²) in [5.74, 6) is 0. The van der Waals surface area contributed by atoms with Gasteiger partial charge in [0, 0.05) is 5.41 Å². The molecule has 0 aromatic heterocycles. The molecule has 0 unspecified atom stereocenters. The van der Waals surface area contributed by atoms with E-state index in [0.717, 1.165) is 19.3 Å². The molecule has 2 atom stereocenters. The van der Waals surface area contributed by atoms with Crippen molar-refractivity contribution in [2.75, 3.05) is 0 Å². The zero-order chi connectivity index (χ0) is 6.48. The van der Waals surface area contributed by atoms with Gasteiger partial charge in [0.05, 0.1) is 12.2 Å². The van der Waals surface area contributed by atoms with Crippen molar-refractivity contribution in [3.8, 4) is 0 Å². The van der Waals surface area contributed by atoms with E-state index >= 15 is 0 Å². The molecular formula is C7H12O2. The van der Waals surface area contributed by atoms with Crippen LogP contribution in [0.3, 0.4) is 0 Å². The van der Waals surface area contributed by atoms with Crippen LogP contribution in [0.5, 0.6) is 0 Å². The quantitative estimate of drug-likeness (QED) is 0.492. The lowest BCUT2D eigenvalue weighted by molar-refractivity contribution is -0.197.